The number of aryl methyl sites for hydroxylation is 1. The lowest BCUT2D eigenvalue weighted by atomic mass is 10.1. The standard InChI is InChI=1S/C27H33N3O2/c1-20-7-11-23(12-8-20)30-21(2)25(19-26(30)22-9-13-24(32-3)14-10-22)27(31)28-15-18-29-16-5-4-6-17-29/h7-14,19H,4-6,15-18H2,1-3H3,(H,28,31). The molecule has 5 heteroatoms. The fourth-order valence-corrected chi connectivity index (χ4v) is 4.44. The Bertz CT molecular complexity index is 1050. The number of likely N-dealkylation sites (tertiary alicyclic amines) is 1. The molecule has 1 aliphatic heterocycles. The predicted molar refractivity (Wildman–Crippen MR) is 130 cm³/mol. The molecular weight excluding hydrogens is 398 g/mol. The van der Waals surface area contributed by atoms with Gasteiger partial charge in [-0.05, 0) is 87.8 Å². The van der Waals surface area contributed by atoms with Gasteiger partial charge in [-0.25, -0.2) is 0 Å². The molecule has 168 valence electrons. The highest BCUT2D eigenvalue weighted by atomic mass is 16.5. The van der Waals surface area contributed by atoms with Crippen LogP contribution < -0.4 is 10.1 Å². The van der Waals surface area contributed by atoms with Crippen molar-refractivity contribution in [2.24, 2.45) is 0 Å². The summed E-state index contributed by atoms with van der Waals surface area (Å²) in [4.78, 5) is 15.6. The van der Waals surface area contributed by atoms with Crippen LogP contribution in [0.3, 0.4) is 0 Å². The number of ether oxygens (including phenoxy) is 1. The molecule has 0 bridgehead atoms. The number of piperidine rings is 1. The van der Waals surface area contributed by atoms with E-state index in [-0.39, 0.29) is 5.91 Å². The van der Waals surface area contributed by atoms with Crippen molar-refractivity contribution < 1.29 is 9.53 Å². The monoisotopic (exact) mass is 431 g/mol. The highest BCUT2D eigenvalue weighted by Gasteiger charge is 2.20. The van der Waals surface area contributed by atoms with Gasteiger partial charge in [0.05, 0.1) is 18.4 Å². The molecule has 1 N–H and O–H groups in total. The van der Waals surface area contributed by atoms with Gasteiger partial charge in [-0.1, -0.05) is 24.1 Å². The summed E-state index contributed by atoms with van der Waals surface area (Å²) in [5.41, 5.74) is 5.95. The van der Waals surface area contributed by atoms with Crippen molar-refractivity contribution >= 4 is 5.91 Å². The molecule has 0 spiro atoms. The van der Waals surface area contributed by atoms with Gasteiger partial charge in [-0.15, -0.1) is 0 Å². The number of aromatic nitrogens is 1. The van der Waals surface area contributed by atoms with Crippen molar-refractivity contribution in [3.05, 3.63) is 71.4 Å². The highest BCUT2D eigenvalue weighted by molar-refractivity contribution is 5.97. The first-order valence-electron chi connectivity index (χ1n) is 11.5. The van der Waals surface area contributed by atoms with E-state index in [0.717, 1.165) is 53.6 Å². The summed E-state index contributed by atoms with van der Waals surface area (Å²) >= 11 is 0. The van der Waals surface area contributed by atoms with Crippen LogP contribution in [0.4, 0.5) is 0 Å². The zero-order valence-electron chi connectivity index (χ0n) is 19.4. The first-order valence-corrected chi connectivity index (χ1v) is 11.5. The number of hydrogen-bond acceptors (Lipinski definition) is 3. The van der Waals surface area contributed by atoms with Crippen molar-refractivity contribution in [2.45, 2.75) is 33.1 Å². The fourth-order valence-electron chi connectivity index (χ4n) is 4.44. The van der Waals surface area contributed by atoms with Crippen molar-refractivity contribution in [3.8, 4) is 22.7 Å². The summed E-state index contributed by atoms with van der Waals surface area (Å²) in [6.07, 6.45) is 3.85. The summed E-state index contributed by atoms with van der Waals surface area (Å²) in [7, 11) is 1.67. The zero-order valence-corrected chi connectivity index (χ0v) is 19.4. The van der Waals surface area contributed by atoms with Gasteiger partial charge < -0.3 is 19.5 Å². The normalized spacial score (nSPS) is 14.3. The minimum absolute atomic E-state index is 0.0138. The summed E-state index contributed by atoms with van der Waals surface area (Å²) in [6.45, 7) is 7.96. The van der Waals surface area contributed by atoms with Crippen molar-refractivity contribution in [3.63, 3.8) is 0 Å². The number of nitrogens with one attached hydrogen (secondary N) is 1. The third-order valence-electron chi connectivity index (χ3n) is 6.33. The van der Waals surface area contributed by atoms with Crippen LogP contribution in [0.25, 0.3) is 16.9 Å². The van der Waals surface area contributed by atoms with Gasteiger partial charge in [-0.3, -0.25) is 4.79 Å². The van der Waals surface area contributed by atoms with E-state index in [1.807, 2.05) is 37.3 Å². The molecule has 3 aromatic rings. The summed E-state index contributed by atoms with van der Waals surface area (Å²) < 4.78 is 7.49. The summed E-state index contributed by atoms with van der Waals surface area (Å²) in [5, 5.41) is 3.14. The number of methoxy groups -OCH3 is 1. The molecule has 1 aliphatic rings. The zero-order chi connectivity index (χ0) is 22.5. The van der Waals surface area contributed by atoms with E-state index in [1.54, 1.807) is 7.11 Å². The Morgan fingerprint density at radius 1 is 0.969 bits per heavy atom. The minimum Gasteiger partial charge on any atom is -0.497 e. The third-order valence-corrected chi connectivity index (χ3v) is 6.33. The van der Waals surface area contributed by atoms with E-state index in [1.165, 1.54) is 24.8 Å². The Morgan fingerprint density at radius 2 is 1.66 bits per heavy atom. The lowest BCUT2D eigenvalue weighted by Crippen LogP contribution is -2.37. The van der Waals surface area contributed by atoms with Crippen molar-refractivity contribution in [2.75, 3.05) is 33.3 Å². The molecule has 0 aliphatic carbocycles. The fraction of sp³-hybridized carbons (Fsp3) is 0.370. The summed E-state index contributed by atoms with van der Waals surface area (Å²) in [5.74, 6) is 0.801. The Labute approximate surface area is 191 Å². The molecule has 4 rings (SSSR count). The van der Waals surface area contributed by atoms with Gasteiger partial charge in [0.25, 0.3) is 5.91 Å². The van der Waals surface area contributed by atoms with Gasteiger partial charge in [0.15, 0.2) is 0 Å². The van der Waals surface area contributed by atoms with E-state index in [2.05, 4.69) is 46.0 Å². The number of nitrogens with zero attached hydrogens (tertiary/aromatic N) is 2. The SMILES string of the molecule is COc1ccc(-c2cc(C(=O)NCCN3CCCCC3)c(C)n2-c2ccc(C)cc2)cc1. The first-order chi connectivity index (χ1) is 15.6. The molecule has 1 aromatic heterocycles. The third kappa shape index (κ3) is 4.89. The molecule has 1 fully saturated rings. The quantitative estimate of drug-likeness (QED) is 0.574. The number of carbonyl (C=O) groups is 1. The lowest BCUT2D eigenvalue weighted by molar-refractivity contribution is 0.0946. The van der Waals surface area contributed by atoms with Crippen LogP contribution in [0.2, 0.25) is 0 Å². The molecule has 5 nitrogen and oxygen atoms in total. The van der Waals surface area contributed by atoms with Crippen LogP contribution in [0.15, 0.2) is 54.6 Å². The van der Waals surface area contributed by atoms with Gasteiger partial charge in [0, 0.05) is 24.5 Å². The second-order valence-corrected chi connectivity index (χ2v) is 8.59. The molecule has 0 saturated carbocycles. The smallest absolute Gasteiger partial charge is 0.253 e. The van der Waals surface area contributed by atoms with Crippen molar-refractivity contribution in [1.29, 1.82) is 0 Å². The minimum atomic E-state index is -0.0138. The largest absolute Gasteiger partial charge is 0.497 e. The first kappa shape index (κ1) is 22.2. The molecule has 1 amide bonds. The molecule has 32 heavy (non-hydrogen) atoms. The van der Waals surface area contributed by atoms with Gasteiger partial charge in [0.2, 0.25) is 0 Å². The lowest BCUT2D eigenvalue weighted by Gasteiger charge is -2.26. The van der Waals surface area contributed by atoms with Gasteiger partial charge in [0.1, 0.15) is 5.75 Å². The number of amides is 1. The van der Waals surface area contributed by atoms with Crippen LogP contribution in [0.5, 0.6) is 5.75 Å². The van der Waals surface area contributed by atoms with Crippen LogP contribution in [-0.2, 0) is 0 Å². The molecule has 0 atom stereocenters. The molecule has 0 unspecified atom stereocenters. The number of carbonyl (C=O) groups excluding carboxylic acids is 1. The highest BCUT2D eigenvalue weighted by Crippen LogP contribution is 2.31. The average Bonchev–Trinajstić information content (AvgIpc) is 3.17. The molecule has 1 saturated heterocycles. The van der Waals surface area contributed by atoms with Gasteiger partial charge in [-0.2, -0.15) is 0 Å². The number of hydrogen-bond donors (Lipinski definition) is 1. The Morgan fingerprint density at radius 3 is 2.31 bits per heavy atom. The predicted octanol–water partition coefficient (Wildman–Crippen LogP) is 4.99. The molecule has 2 heterocycles. The number of rotatable bonds is 7. The van der Waals surface area contributed by atoms with Crippen LogP contribution in [0, 0.1) is 13.8 Å². The van der Waals surface area contributed by atoms with E-state index in [9.17, 15) is 4.79 Å². The molecule has 2 aromatic carbocycles. The molecular formula is C27H33N3O2. The maximum absolute atomic E-state index is 13.1. The Balaban J connectivity index is 1.62. The van der Waals surface area contributed by atoms with Crippen LogP contribution in [-0.4, -0.2) is 48.7 Å². The number of benzene rings is 2. The maximum atomic E-state index is 13.1. The van der Waals surface area contributed by atoms with Crippen LogP contribution >= 0.6 is 0 Å². The van der Waals surface area contributed by atoms with E-state index >= 15 is 0 Å². The second kappa shape index (κ2) is 10.0. The second-order valence-electron chi connectivity index (χ2n) is 8.59. The summed E-state index contributed by atoms with van der Waals surface area (Å²) in [6, 6.07) is 18.4. The Hall–Kier alpha value is -3.05. The maximum Gasteiger partial charge on any atom is 0.253 e. The van der Waals surface area contributed by atoms with E-state index in [4.69, 9.17) is 4.74 Å². The van der Waals surface area contributed by atoms with E-state index < -0.39 is 0 Å². The van der Waals surface area contributed by atoms with E-state index in [0.29, 0.717) is 6.54 Å². The van der Waals surface area contributed by atoms with Crippen LogP contribution in [0.1, 0.15) is 40.9 Å². The van der Waals surface area contributed by atoms with Crippen molar-refractivity contribution in [1.82, 2.24) is 14.8 Å². The Kier molecular flexibility index (Phi) is 6.96. The van der Waals surface area contributed by atoms with Gasteiger partial charge >= 0.3 is 0 Å². The average molecular weight is 432 g/mol. The topological polar surface area (TPSA) is 46.5 Å². The molecule has 0 radical (unpaired) electrons.